The average molecular weight is 375 g/mol. The molecule has 136 valence electrons. The number of aromatic nitrogens is 1. The van der Waals surface area contributed by atoms with Crippen molar-refractivity contribution in [3.05, 3.63) is 71.5 Å². The van der Waals surface area contributed by atoms with Crippen molar-refractivity contribution in [1.82, 2.24) is 5.16 Å². The van der Waals surface area contributed by atoms with E-state index < -0.39 is 11.6 Å². The summed E-state index contributed by atoms with van der Waals surface area (Å²) in [6.07, 6.45) is 0. The molecule has 26 heavy (non-hydrogen) atoms. The summed E-state index contributed by atoms with van der Waals surface area (Å²) in [6, 6.07) is 12.7. The maximum atomic E-state index is 13.2. The fraction of sp³-hybridized carbons (Fsp3) is 0.250. The second-order valence-electron chi connectivity index (χ2n) is 6.92. The topological polar surface area (TPSA) is 35.3 Å². The van der Waals surface area contributed by atoms with Crippen molar-refractivity contribution >= 4 is 11.8 Å². The molecule has 0 fully saturated rings. The highest BCUT2D eigenvalue weighted by Crippen LogP contribution is 2.32. The second kappa shape index (κ2) is 7.50. The molecule has 0 aliphatic rings. The quantitative estimate of drug-likeness (QED) is 0.549. The van der Waals surface area contributed by atoms with Gasteiger partial charge in [0, 0.05) is 22.4 Å². The molecule has 3 aromatic rings. The summed E-state index contributed by atoms with van der Waals surface area (Å²) >= 11 is 1.49. The summed E-state index contributed by atoms with van der Waals surface area (Å²) in [5.74, 6) is 0.229. The van der Waals surface area contributed by atoms with E-state index >= 15 is 0 Å². The maximum absolute atomic E-state index is 13.2. The molecule has 1 aromatic heterocycles. The molecule has 0 aliphatic carbocycles. The summed E-state index contributed by atoms with van der Waals surface area (Å²) in [5.41, 5.74) is 0.359. The number of nitrogens with zero attached hydrogens (tertiary/aromatic N) is 1. The van der Waals surface area contributed by atoms with Crippen molar-refractivity contribution in [3.63, 3.8) is 0 Å². The molecule has 0 atom stereocenters. The van der Waals surface area contributed by atoms with E-state index in [1.54, 1.807) is 0 Å². The van der Waals surface area contributed by atoms with Gasteiger partial charge in [-0.15, -0.1) is 0 Å². The Morgan fingerprint density at radius 3 is 2.23 bits per heavy atom. The zero-order valence-corrected chi connectivity index (χ0v) is 15.6. The molecule has 0 N–H and O–H groups in total. The van der Waals surface area contributed by atoms with E-state index in [0.717, 1.165) is 21.7 Å². The highest BCUT2D eigenvalue weighted by Gasteiger charge is 2.19. The summed E-state index contributed by atoms with van der Waals surface area (Å²) in [5, 5.41) is 4.87. The molecule has 0 saturated heterocycles. The molecule has 0 radical (unpaired) electrons. The Morgan fingerprint density at radius 1 is 1.00 bits per heavy atom. The molecule has 3 nitrogen and oxygen atoms in total. The molecular formula is C20H19F2NO2S. The van der Waals surface area contributed by atoms with Gasteiger partial charge in [0.1, 0.15) is 34.8 Å². The van der Waals surface area contributed by atoms with E-state index in [1.807, 2.05) is 30.3 Å². The van der Waals surface area contributed by atoms with Crippen LogP contribution in [0.5, 0.6) is 5.75 Å². The van der Waals surface area contributed by atoms with E-state index in [-0.39, 0.29) is 12.0 Å². The van der Waals surface area contributed by atoms with Gasteiger partial charge in [-0.05, 0) is 42.0 Å². The van der Waals surface area contributed by atoms with Crippen molar-refractivity contribution in [1.29, 1.82) is 0 Å². The van der Waals surface area contributed by atoms with Gasteiger partial charge in [-0.1, -0.05) is 37.7 Å². The monoisotopic (exact) mass is 375 g/mol. The molecule has 0 amide bonds. The zero-order chi connectivity index (χ0) is 18.7. The minimum atomic E-state index is -0.613. The lowest BCUT2D eigenvalue weighted by Crippen LogP contribution is -2.09. The van der Waals surface area contributed by atoms with Crippen molar-refractivity contribution in [3.8, 4) is 5.75 Å². The predicted molar refractivity (Wildman–Crippen MR) is 96.5 cm³/mol. The largest absolute Gasteiger partial charge is 0.489 e. The second-order valence-corrected chi connectivity index (χ2v) is 8.01. The van der Waals surface area contributed by atoms with Crippen LogP contribution >= 0.6 is 11.8 Å². The van der Waals surface area contributed by atoms with Crippen LogP contribution in [0.15, 0.2) is 63.0 Å². The molecule has 2 aromatic carbocycles. The first-order chi connectivity index (χ1) is 12.3. The van der Waals surface area contributed by atoms with Crippen molar-refractivity contribution in [2.45, 2.75) is 42.7 Å². The van der Waals surface area contributed by atoms with Gasteiger partial charge in [0.25, 0.3) is 0 Å². The molecular weight excluding hydrogens is 356 g/mol. The Kier molecular flexibility index (Phi) is 5.32. The number of rotatable bonds is 5. The van der Waals surface area contributed by atoms with Crippen molar-refractivity contribution in [2.75, 3.05) is 0 Å². The normalized spacial score (nSPS) is 11.6. The fourth-order valence-electron chi connectivity index (χ4n) is 2.25. The predicted octanol–water partition coefficient (Wildman–Crippen LogP) is 5.98. The first kappa shape index (κ1) is 18.5. The van der Waals surface area contributed by atoms with Gasteiger partial charge in [-0.25, -0.2) is 8.78 Å². The van der Waals surface area contributed by atoms with Gasteiger partial charge in [0.2, 0.25) is 0 Å². The van der Waals surface area contributed by atoms with E-state index in [1.165, 1.54) is 23.9 Å². The van der Waals surface area contributed by atoms with Gasteiger partial charge in [-0.3, -0.25) is 0 Å². The Bertz CT molecular complexity index is 865. The van der Waals surface area contributed by atoms with Crippen molar-refractivity contribution in [2.24, 2.45) is 0 Å². The zero-order valence-electron chi connectivity index (χ0n) is 14.8. The van der Waals surface area contributed by atoms with Crippen LogP contribution in [-0.4, -0.2) is 5.16 Å². The van der Waals surface area contributed by atoms with Crippen LogP contribution in [-0.2, 0) is 12.0 Å². The molecule has 0 unspecified atom stereocenters. The van der Waals surface area contributed by atoms with Gasteiger partial charge in [0.05, 0.1) is 0 Å². The first-order valence-electron chi connectivity index (χ1n) is 8.12. The van der Waals surface area contributed by atoms with E-state index in [2.05, 4.69) is 25.9 Å². The Balaban J connectivity index is 1.60. The molecule has 0 bridgehead atoms. The molecule has 0 spiro atoms. The van der Waals surface area contributed by atoms with Crippen LogP contribution in [0.1, 0.15) is 32.1 Å². The van der Waals surface area contributed by atoms with Gasteiger partial charge in [-0.2, -0.15) is 0 Å². The van der Waals surface area contributed by atoms with E-state index in [4.69, 9.17) is 9.26 Å². The molecule has 6 heteroatoms. The SMILES string of the molecule is CC(C)(C)c1cc(Sc2ccc(OCc3cc(F)cc(F)c3)cc2)no1. The van der Waals surface area contributed by atoms with E-state index in [9.17, 15) is 8.78 Å². The van der Waals surface area contributed by atoms with Gasteiger partial charge < -0.3 is 9.26 Å². The summed E-state index contributed by atoms with van der Waals surface area (Å²) in [6.45, 7) is 6.30. The fourth-order valence-corrected chi connectivity index (χ4v) is 3.00. The Labute approximate surface area is 155 Å². The van der Waals surface area contributed by atoms with Crippen molar-refractivity contribution < 1.29 is 18.0 Å². The lowest BCUT2D eigenvalue weighted by molar-refractivity contribution is 0.304. The number of hydrogen-bond acceptors (Lipinski definition) is 4. The first-order valence-corrected chi connectivity index (χ1v) is 8.94. The minimum absolute atomic E-state index is 0.0834. The number of halogens is 2. The third kappa shape index (κ3) is 4.85. The van der Waals surface area contributed by atoms with Crippen LogP contribution in [0.25, 0.3) is 0 Å². The molecule has 1 heterocycles. The van der Waals surface area contributed by atoms with Gasteiger partial charge >= 0.3 is 0 Å². The minimum Gasteiger partial charge on any atom is -0.489 e. The van der Waals surface area contributed by atoms with Crippen LogP contribution in [0, 0.1) is 11.6 Å². The van der Waals surface area contributed by atoms with Crippen LogP contribution < -0.4 is 4.74 Å². The lowest BCUT2D eigenvalue weighted by atomic mass is 9.94. The molecule has 3 rings (SSSR count). The summed E-state index contributed by atoms with van der Waals surface area (Å²) < 4.78 is 37.3. The van der Waals surface area contributed by atoms with Crippen LogP contribution in [0.2, 0.25) is 0 Å². The third-order valence-electron chi connectivity index (χ3n) is 3.60. The standard InChI is InChI=1S/C20H19F2NO2S/c1-20(2,3)18-11-19(23-25-18)26-17-6-4-16(5-7-17)24-12-13-8-14(21)10-15(22)9-13/h4-11H,12H2,1-3H3. The average Bonchev–Trinajstić information content (AvgIpc) is 3.02. The summed E-state index contributed by atoms with van der Waals surface area (Å²) in [7, 11) is 0. The molecule has 0 aliphatic heterocycles. The van der Waals surface area contributed by atoms with E-state index in [0.29, 0.717) is 11.3 Å². The Hall–Kier alpha value is -2.34. The Morgan fingerprint density at radius 2 is 1.65 bits per heavy atom. The lowest BCUT2D eigenvalue weighted by Gasteiger charge is -2.12. The smallest absolute Gasteiger partial charge is 0.144 e. The van der Waals surface area contributed by atoms with Crippen LogP contribution in [0.3, 0.4) is 0 Å². The highest BCUT2D eigenvalue weighted by atomic mass is 32.2. The number of ether oxygens (including phenoxy) is 1. The number of hydrogen-bond donors (Lipinski definition) is 0. The summed E-state index contributed by atoms with van der Waals surface area (Å²) in [4.78, 5) is 0.989. The molecule has 0 saturated carbocycles. The van der Waals surface area contributed by atoms with Gasteiger partial charge in [0.15, 0.2) is 0 Å². The van der Waals surface area contributed by atoms with Crippen LogP contribution in [0.4, 0.5) is 8.78 Å². The third-order valence-corrected chi connectivity index (χ3v) is 4.51. The maximum Gasteiger partial charge on any atom is 0.144 e. The number of benzene rings is 2. The highest BCUT2D eigenvalue weighted by molar-refractivity contribution is 7.99.